The molecule has 0 aliphatic carbocycles. The van der Waals surface area contributed by atoms with Crippen LogP contribution in [0.1, 0.15) is 5.56 Å². The van der Waals surface area contributed by atoms with E-state index in [2.05, 4.69) is 0 Å². The van der Waals surface area contributed by atoms with Gasteiger partial charge in [-0.05, 0) is 48.6 Å². The highest BCUT2D eigenvalue weighted by Gasteiger charge is 2.28. The molecular formula is C16H16F3NO2S. The zero-order valence-corrected chi connectivity index (χ0v) is 13.7. The van der Waals surface area contributed by atoms with Gasteiger partial charge in [-0.25, -0.2) is 0 Å². The zero-order valence-electron chi connectivity index (χ0n) is 12.9. The number of alkyl halides is 3. The van der Waals surface area contributed by atoms with Gasteiger partial charge in [-0.1, -0.05) is 0 Å². The lowest BCUT2D eigenvalue weighted by Crippen LogP contribution is -2.19. The number of hydrogen-bond acceptors (Lipinski definition) is 3. The van der Waals surface area contributed by atoms with E-state index in [-0.39, 0.29) is 11.3 Å². The molecule has 0 saturated carbocycles. The number of hydrogen-bond donors (Lipinski definition) is 0. The van der Waals surface area contributed by atoms with E-state index in [1.165, 1.54) is 16.3 Å². The molecule has 0 saturated heterocycles. The maximum absolute atomic E-state index is 12.3. The van der Waals surface area contributed by atoms with Crippen molar-refractivity contribution >= 4 is 11.8 Å². The number of thioether (sulfide) groups is 1. The molecule has 0 atom stereocenters. The Morgan fingerprint density at radius 3 is 2.43 bits per heavy atom. The maximum atomic E-state index is 12.3. The second-order valence-electron chi connectivity index (χ2n) is 5.13. The molecular weight excluding hydrogens is 327 g/mol. The molecule has 124 valence electrons. The minimum absolute atomic E-state index is 0.108. The molecule has 1 heterocycles. The van der Waals surface area contributed by atoms with Crippen LogP contribution in [0.25, 0.3) is 11.1 Å². The van der Waals surface area contributed by atoms with Gasteiger partial charge in [-0.2, -0.15) is 13.2 Å². The van der Waals surface area contributed by atoms with Crippen LogP contribution in [0.2, 0.25) is 0 Å². The highest BCUT2D eigenvalue weighted by atomic mass is 32.2. The van der Waals surface area contributed by atoms with Crippen LogP contribution in [0.3, 0.4) is 0 Å². The quantitative estimate of drug-likeness (QED) is 0.786. The number of nitrogens with zero attached hydrogens (tertiary/aromatic N) is 1. The average molecular weight is 343 g/mol. The summed E-state index contributed by atoms with van der Waals surface area (Å²) in [6.07, 6.45) is -0.899. The normalized spacial score (nSPS) is 11.6. The Kier molecular flexibility index (Phi) is 5.09. The van der Waals surface area contributed by atoms with E-state index >= 15 is 0 Å². The molecule has 0 amide bonds. The van der Waals surface area contributed by atoms with E-state index in [1.54, 1.807) is 38.4 Å². The number of pyridine rings is 1. The van der Waals surface area contributed by atoms with E-state index in [0.717, 1.165) is 10.5 Å². The summed E-state index contributed by atoms with van der Waals surface area (Å²) in [7, 11) is 1.64. The van der Waals surface area contributed by atoms with E-state index in [1.807, 2.05) is 12.3 Å². The lowest BCUT2D eigenvalue weighted by Gasteiger charge is -2.13. The lowest BCUT2D eigenvalue weighted by atomic mass is 10.1. The van der Waals surface area contributed by atoms with Crippen molar-refractivity contribution in [2.24, 2.45) is 7.05 Å². The van der Waals surface area contributed by atoms with Gasteiger partial charge in [0.05, 0.1) is 0 Å². The summed E-state index contributed by atoms with van der Waals surface area (Å²) >= 11 is 1.41. The number of aromatic nitrogens is 1. The van der Waals surface area contributed by atoms with Gasteiger partial charge in [0.25, 0.3) is 5.56 Å². The van der Waals surface area contributed by atoms with Crippen molar-refractivity contribution in [2.75, 3.05) is 12.9 Å². The smallest absolute Gasteiger partial charge is 0.422 e. The summed E-state index contributed by atoms with van der Waals surface area (Å²) < 4.78 is 43.3. The molecule has 0 unspecified atom stereocenters. The second-order valence-corrected chi connectivity index (χ2v) is 6.01. The molecule has 23 heavy (non-hydrogen) atoms. The summed E-state index contributed by atoms with van der Waals surface area (Å²) in [5, 5.41) is 0. The van der Waals surface area contributed by atoms with E-state index in [9.17, 15) is 18.0 Å². The van der Waals surface area contributed by atoms with Crippen LogP contribution < -0.4 is 10.3 Å². The first kappa shape index (κ1) is 17.5. The van der Waals surface area contributed by atoms with Gasteiger partial charge in [0.2, 0.25) is 0 Å². The minimum Gasteiger partial charge on any atom is -0.484 e. The van der Waals surface area contributed by atoms with E-state index in [0.29, 0.717) is 11.1 Å². The topological polar surface area (TPSA) is 31.2 Å². The van der Waals surface area contributed by atoms with Gasteiger partial charge >= 0.3 is 6.18 Å². The Morgan fingerprint density at radius 1 is 1.17 bits per heavy atom. The number of rotatable bonds is 4. The van der Waals surface area contributed by atoms with Crippen molar-refractivity contribution in [3.63, 3.8) is 0 Å². The van der Waals surface area contributed by atoms with Gasteiger partial charge in [-0.15, -0.1) is 11.8 Å². The third-order valence-corrected chi connectivity index (χ3v) is 3.92. The Balaban J connectivity index is 2.44. The van der Waals surface area contributed by atoms with Crippen LogP contribution >= 0.6 is 11.8 Å². The third-order valence-electron chi connectivity index (χ3n) is 3.21. The zero-order chi connectivity index (χ0) is 17.2. The summed E-state index contributed by atoms with van der Waals surface area (Å²) in [5.74, 6) is 0.149. The Morgan fingerprint density at radius 2 is 1.87 bits per heavy atom. The first-order valence-corrected chi connectivity index (χ1v) is 7.98. The molecule has 1 aromatic heterocycles. The highest BCUT2D eigenvalue weighted by molar-refractivity contribution is 7.98. The van der Waals surface area contributed by atoms with E-state index in [4.69, 9.17) is 4.74 Å². The molecule has 0 aliphatic heterocycles. The summed E-state index contributed by atoms with van der Waals surface area (Å²) in [6.45, 7) is 0.363. The van der Waals surface area contributed by atoms with Crippen LogP contribution in [0.5, 0.6) is 5.75 Å². The molecule has 0 N–H and O–H groups in total. The van der Waals surface area contributed by atoms with Crippen molar-refractivity contribution < 1.29 is 17.9 Å². The lowest BCUT2D eigenvalue weighted by molar-refractivity contribution is -0.153. The standard InChI is InChI=1S/C16H16F3NO2S/c1-10-4-12(8-20(2)15(10)21)11-5-13(7-14(6-11)23-3)22-9-16(17,18)19/h4-8H,9H2,1-3H3. The SMILES string of the molecule is CSc1cc(OCC(F)(F)F)cc(-c2cc(C)c(=O)n(C)c2)c1. The predicted molar refractivity (Wildman–Crippen MR) is 85.2 cm³/mol. The van der Waals surface area contributed by atoms with Gasteiger partial charge in [0, 0.05) is 23.7 Å². The molecule has 2 aromatic rings. The highest BCUT2D eigenvalue weighted by Crippen LogP contribution is 2.31. The average Bonchev–Trinajstić information content (AvgIpc) is 2.49. The third kappa shape index (κ3) is 4.54. The van der Waals surface area contributed by atoms with Crippen LogP contribution in [-0.4, -0.2) is 23.6 Å². The van der Waals surface area contributed by atoms with Crippen molar-refractivity contribution in [3.8, 4) is 16.9 Å². The molecule has 0 bridgehead atoms. The summed E-state index contributed by atoms with van der Waals surface area (Å²) in [5.41, 5.74) is 1.91. The fraction of sp³-hybridized carbons (Fsp3) is 0.312. The maximum Gasteiger partial charge on any atom is 0.422 e. The molecule has 0 aliphatic rings. The van der Waals surface area contributed by atoms with Crippen molar-refractivity contribution in [1.29, 1.82) is 0 Å². The number of benzene rings is 1. The second kappa shape index (κ2) is 6.70. The van der Waals surface area contributed by atoms with Gasteiger partial charge in [-0.3, -0.25) is 4.79 Å². The molecule has 0 spiro atoms. The van der Waals surface area contributed by atoms with Crippen LogP contribution in [0, 0.1) is 6.92 Å². The van der Waals surface area contributed by atoms with Crippen LogP contribution in [0.15, 0.2) is 40.2 Å². The van der Waals surface area contributed by atoms with Gasteiger partial charge in [0.1, 0.15) is 5.75 Å². The Hall–Kier alpha value is -1.89. The first-order chi connectivity index (χ1) is 10.7. The number of aryl methyl sites for hydroxylation is 2. The van der Waals surface area contributed by atoms with Gasteiger partial charge in [0.15, 0.2) is 6.61 Å². The number of ether oxygens (including phenoxy) is 1. The van der Waals surface area contributed by atoms with Crippen LogP contribution in [-0.2, 0) is 7.05 Å². The number of halogens is 3. The summed E-state index contributed by atoms with van der Waals surface area (Å²) in [6, 6.07) is 6.68. The molecule has 3 nitrogen and oxygen atoms in total. The first-order valence-electron chi connectivity index (χ1n) is 6.76. The summed E-state index contributed by atoms with van der Waals surface area (Å²) in [4.78, 5) is 12.5. The largest absolute Gasteiger partial charge is 0.484 e. The minimum atomic E-state index is -4.39. The Labute approximate surface area is 136 Å². The van der Waals surface area contributed by atoms with Crippen molar-refractivity contribution in [3.05, 3.63) is 46.4 Å². The Bertz CT molecular complexity index is 743. The molecule has 0 fully saturated rings. The van der Waals surface area contributed by atoms with E-state index < -0.39 is 12.8 Å². The monoisotopic (exact) mass is 343 g/mol. The van der Waals surface area contributed by atoms with Crippen molar-refractivity contribution in [2.45, 2.75) is 18.0 Å². The molecule has 2 rings (SSSR count). The van der Waals surface area contributed by atoms with Crippen LogP contribution in [0.4, 0.5) is 13.2 Å². The molecule has 7 heteroatoms. The molecule has 0 radical (unpaired) electrons. The fourth-order valence-electron chi connectivity index (χ4n) is 2.14. The molecule has 1 aromatic carbocycles. The van der Waals surface area contributed by atoms with Crippen molar-refractivity contribution in [1.82, 2.24) is 4.57 Å². The predicted octanol–water partition coefficient (Wildman–Crippen LogP) is 4.02. The van der Waals surface area contributed by atoms with Gasteiger partial charge < -0.3 is 9.30 Å². The fourth-order valence-corrected chi connectivity index (χ4v) is 2.62.